The molecule has 26 nitrogen and oxygen atoms in total. The molecule has 32 heteroatoms. The molecular formula is C46H100N24O2S6. The Morgan fingerprint density at radius 2 is 0.692 bits per heavy atom. The van der Waals surface area contributed by atoms with E-state index in [-0.39, 0.29) is 20.4 Å². The lowest BCUT2D eigenvalue weighted by Gasteiger charge is -2.03. The first-order valence-corrected chi connectivity index (χ1v) is 27.9. The molecule has 22 N–H and O–H groups in total. The summed E-state index contributed by atoms with van der Waals surface area (Å²) in [5.41, 5.74) is 33.7. The normalized spacial score (nSPS) is 12.9. The first-order valence-electron chi connectivity index (χ1n) is 27.8. The molecule has 0 saturated heterocycles. The van der Waals surface area contributed by atoms with Crippen molar-refractivity contribution in [3.63, 3.8) is 0 Å². The van der Waals surface area contributed by atoms with Gasteiger partial charge >= 0.3 is 12.1 Å². The van der Waals surface area contributed by atoms with Crippen LogP contribution in [-0.4, -0.2) is 103 Å². The van der Waals surface area contributed by atoms with Crippen molar-refractivity contribution in [2.24, 2.45) is 144 Å². The Balaban J connectivity index is -0.000000135. The Kier molecular flexibility index (Phi) is 54.6. The van der Waals surface area contributed by atoms with E-state index in [9.17, 15) is 9.59 Å². The van der Waals surface area contributed by atoms with Gasteiger partial charge in [-0.2, -0.15) is 40.8 Å². The number of nitrogens with zero attached hydrogens (tertiary/aromatic N) is 10. The van der Waals surface area contributed by atoms with Crippen LogP contribution in [0.3, 0.4) is 0 Å². The molecule has 4 amide bonds. The fourth-order valence-corrected chi connectivity index (χ4v) is 2.53. The molecule has 0 fully saturated rings. The molecule has 78 heavy (non-hydrogen) atoms. The van der Waals surface area contributed by atoms with Gasteiger partial charge in [-0.1, -0.05) is 134 Å². The molecule has 0 aliphatic heterocycles. The van der Waals surface area contributed by atoms with Crippen LogP contribution in [0.15, 0.2) is 51.0 Å². The lowest BCUT2D eigenvalue weighted by molar-refractivity contribution is 0.248. The summed E-state index contributed by atoms with van der Waals surface area (Å²) in [4.78, 5) is 20.7. The zero-order valence-electron chi connectivity index (χ0n) is 57.7. The van der Waals surface area contributed by atoms with Gasteiger partial charge in [-0.05, 0) is 136 Å². The number of urea groups is 2. The van der Waals surface area contributed by atoms with E-state index in [0.29, 0.717) is 57.7 Å². The first kappa shape index (κ1) is 70.3. The summed E-state index contributed by atoms with van der Waals surface area (Å²) in [6, 6.07) is -1.25. The van der Waals surface area contributed by atoms with E-state index in [1.165, 1.54) is 23.5 Å². The number of amidine groups is 2. The van der Waals surface area contributed by atoms with Crippen LogP contribution in [0.25, 0.3) is 0 Å². The van der Waals surface area contributed by atoms with Crippen molar-refractivity contribution in [3.05, 3.63) is 0 Å². The van der Waals surface area contributed by atoms with Gasteiger partial charge < -0.3 is 45.8 Å². The lowest BCUT2D eigenvalue weighted by atomic mass is 10.1. The number of thioether (sulfide) groups is 2. The molecule has 0 radical (unpaired) electrons. The number of primary amides is 2. The number of nitrogens with two attached hydrogens (primary N) is 8. The van der Waals surface area contributed by atoms with Crippen LogP contribution in [0.5, 0.6) is 0 Å². The number of hydrogen-bond donors (Lipinski definition) is 14. The van der Waals surface area contributed by atoms with Crippen LogP contribution in [0.1, 0.15) is 138 Å². The maximum atomic E-state index is 10.4. The predicted molar refractivity (Wildman–Crippen MR) is 361 cm³/mol. The van der Waals surface area contributed by atoms with Gasteiger partial charge in [0.05, 0.1) is 0 Å². The van der Waals surface area contributed by atoms with E-state index in [2.05, 4.69) is 158 Å². The van der Waals surface area contributed by atoms with Crippen molar-refractivity contribution < 1.29 is 20.9 Å². The number of hydrogen-bond acceptors (Lipinski definition) is 18. The molecule has 0 unspecified atom stereocenters. The number of thiocarbonyl (C=S) groups is 4. The largest absolute Gasteiger partial charge is 0.377 e. The summed E-state index contributed by atoms with van der Waals surface area (Å²) >= 11 is 21.2. The van der Waals surface area contributed by atoms with Gasteiger partial charge in [-0.3, -0.25) is 21.7 Å². The Bertz CT molecular complexity index is 1940. The standard InChI is InChI=1S/C7H15N3S.C6H13N3O.3C6H13N3S.C5H11N3O.2C5H11N3S/c1-5(2)6(3)9-10-7(8)11-4;1-4(2)5(3)8-9-6(7)10;1-5(2)4-8-9-6(7)10-3;2*1-4(2)5(3)8-9-6(7)10;3*1-4(2)3-7-8-5(6)9/h5H,1-4H3,(H2,8,10);4H,1-3H3,(H3,7,9,10);4-5H,1-3H3,(H2,7,9);2*4H,1-3H3,(H3,7,9,10);3*3-4H,1-2H3,(H3,6,8,9)/b9-6+;8-5+;8-4+;2*8-5+;3*7-3+/i/hD8. The Labute approximate surface area is 509 Å². The van der Waals surface area contributed by atoms with E-state index in [1.54, 1.807) is 36.3 Å². The smallest absolute Gasteiger partial charge is 0.332 e. The maximum absolute atomic E-state index is 10.4. The van der Waals surface area contributed by atoms with Crippen LogP contribution in [0, 0.1) is 47.3 Å². The third kappa shape index (κ3) is 99.3. The summed E-state index contributed by atoms with van der Waals surface area (Å²) in [5, 5.41) is 39.8. The van der Waals surface area contributed by atoms with E-state index in [4.69, 9.17) is 11.3 Å². The van der Waals surface area contributed by atoms with E-state index in [1.807, 2.05) is 160 Å². The van der Waals surface area contributed by atoms with Crippen LogP contribution in [0.4, 0.5) is 9.59 Å². The van der Waals surface area contributed by atoms with Gasteiger partial charge in [0, 0.05) is 47.7 Å². The second-order valence-electron chi connectivity index (χ2n) is 17.6. The third-order valence-electron chi connectivity index (χ3n) is 7.16. The van der Waals surface area contributed by atoms with E-state index < -0.39 is 12.1 Å². The molecule has 0 aromatic rings. The maximum Gasteiger partial charge on any atom is 0.332 e. The number of amides is 4. The quantitative estimate of drug-likeness (QED) is 0.0334. The highest BCUT2D eigenvalue weighted by atomic mass is 32.2. The predicted octanol–water partition coefficient (Wildman–Crippen LogP) is 6.61. The fraction of sp³-hybridized carbons (Fsp3) is 0.652. The monoisotopic (exact) mass is 1220 g/mol. The summed E-state index contributed by atoms with van der Waals surface area (Å²) in [6.45, 7) is 39.7. The highest BCUT2D eigenvalue weighted by molar-refractivity contribution is 8.13. The summed E-state index contributed by atoms with van der Waals surface area (Å²) in [5.74, 6) is 2.98. The second-order valence-corrected chi connectivity index (χ2v) is 20.8. The average molecular weight is 1220 g/mol. The number of hydrazone groups is 6. The lowest BCUT2D eigenvalue weighted by Crippen LogP contribution is -2.26. The highest BCUT2D eigenvalue weighted by Crippen LogP contribution is 1.99. The number of nitrogens with one attached hydrogen (secondary N) is 6. The minimum Gasteiger partial charge on any atom is -0.377 e. The van der Waals surface area contributed by atoms with E-state index in [0.717, 1.165) is 22.8 Å². The molecule has 452 valence electrons. The molecule has 0 heterocycles. The van der Waals surface area contributed by atoms with Gasteiger partial charge in [-0.25, -0.2) is 20.4 Å². The van der Waals surface area contributed by atoms with Gasteiger partial charge in [-0.15, -0.1) is 10.2 Å². The van der Waals surface area contributed by atoms with Crippen molar-refractivity contribution in [1.82, 2.24) is 32.6 Å². The van der Waals surface area contributed by atoms with Gasteiger partial charge in [0.15, 0.2) is 42.1 Å². The van der Waals surface area contributed by atoms with Crippen molar-refractivity contribution in [2.75, 3.05) is 12.5 Å². The first-order chi connectivity index (χ1) is 40.0. The Morgan fingerprint density at radius 3 is 0.974 bits per heavy atom. The molecule has 0 aliphatic rings. The van der Waals surface area contributed by atoms with Crippen molar-refractivity contribution in [1.29, 1.82) is 0 Å². The second kappa shape index (κ2) is 60.5. The molecule has 0 atom stereocenters. The van der Waals surface area contributed by atoms with Crippen LogP contribution in [-0.2, 0) is 0 Å². The van der Waals surface area contributed by atoms with Gasteiger partial charge in [0.2, 0.25) is 0 Å². The minimum absolute atomic E-state index is 0.205. The zero-order valence-corrected chi connectivity index (χ0v) is 54.6. The Morgan fingerprint density at radius 1 is 0.397 bits per heavy atom. The summed E-state index contributed by atoms with van der Waals surface area (Å²) in [7, 11) is 0. The molecule has 0 rings (SSSR count). The topological polar surface area (TPSA) is 438 Å². The van der Waals surface area contributed by atoms with Crippen molar-refractivity contribution >= 4 is 163 Å². The van der Waals surface area contributed by atoms with Gasteiger partial charge in [0.1, 0.15) is 0 Å². The van der Waals surface area contributed by atoms with Crippen LogP contribution in [0.2, 0.25) is 11.3 Å². The number of rotatable bonds is 16. The van der Waals surface area contributed by atoms with E-state index >= 15 is 0 Å². The third-order valence-corrected chi connectivity index (χ3v) is 8.46. The van der Waals surface area contributed by atoms with Gasteiger partial charge in [0.25, 0.3) is 0 Å². The zero-order chi connectivity index (χ0) is 68.8. The highest BCUT2D eigenvalue weighted by Gasteiger charge is 1.99. The number of carbonyl (C=O) groups is 2. The summed E-state index contributed by atoms with van der Waals surface area (Å²) in [6.07, 6.45) is 10.4. The molecule has 0 aromatic heterocycles. The molecule has 0 aromatic carbocycles. The summed E-state index contributed by atoms with van der Waals surface area (Å²) < 4.78 is 52.8. The SMILES string of the molecule is [2H]N/C(=N/N=C(\C)C(C)C)SC.[2H]N/C(=N/N=C/C(C)C)SC.[2H]NC(=O)N/N=C(\C)C(C)C.[2H]NC(=O)N/N=C/C(C)C.[2H]NC(=S)N/N=C(\C)C(C)C.[2H]NC(=S)N/N=C(\C)C(C)C.[2H]NC(=S)N/N=C/C(C)C.[2H]NC(=S)N/N=C/C(C)C. The molecule has 0 spiro atoms. The van der Waals surface area contributed by atoms with Crippen LogP contribution < -0.4 is 78.4 Å². The van der Waals surface area contributed by atoms with Crippen molar-refractivity contribution in [3.8, 4) is 0 Å². The Hall–Kier alpha value is -5.70. The average Bonchev–Trinajstić information content (AvgIpc) is 3.47. The van der Waals surface area contributed by atoms with Crippen LogP contribution >= 0.6 is 72.4 Å². The fourth-order valence-electron chi connectivity index (χ4n) is 2.08. The van der Waals surface area contributed by atoms with Crippen molar-refractivity contribution in [2.45, 2.75) is 138 Å². The molecule has 0 bridgehead atoms. The molecule has 0 saturated carbocycles. The molecule has 0 aliphatic carbocycles. The number of carbonyl (C=O) groups excluding carboxylic acids is 2. The molecular weight excluding hydrogens is 1110 g/mol. The minimum atomic E-state index is -0.628.